The Morgan fingerprint density at radius 2 is 1.60 bits per heavy atom. The van der Waals surface area contributed by atoms with Crippen LogP contribution in [0.3, 0.4) is 0 Å². The largest absolute Gasteiger partial charge is 0.417 e. The first kappa shape index (κ1) is 23.8. The maximum Gasteiger partial charge on any atom is 0.417 e. The van der Waals surface area contributed by atoms with Gasteiger partial charge in [0.2, 0.25) is 10.0 Å². The Morgan fingerprint density at radius 1 is 0.914 bits per heavy atom. The number of hydrogen-bond acceptors (Lipinski definition) is 5. The fourth-order valence-electron chi connectivity index (χ4n) is 4.54. The van der Waals surface area contributed by atoms with E-state index in [1.807, 2.05) is 12.1 Å². The molecule has 1 saturated heterocycles. The molecule has 2 aliphatic rings. The molecule has 1 aromatic heterocycles. The summed E-state index contributed by atoms with van der Waals surface area (Å²) in [6.07, 6.45) is -2.57. The van der Waals surface area contributed by atoms with Crippen LogP contribution in [0.1, 0.15) is 29.5 Å². The van der Waals surface area contributed by atoms with E-state index in [2.05, 4.69) is 33.8 Å². The second-order valence-corrected chi connectivity index (χ2v) is 10.8. The third kappa shape index (κ3) is 5.05. The average Bonchev–Trinajstić information content (AvgIpc) is 3.32. The van der Waals surface area contributed by atoms with Crippen LogP contribution in [0.25, 0.3) is 11.1 Å². The Bertz CT molecular complexity index is 1300. The smallest absolute Gasteiger partial charge is 0.367 e. The van der Waals surface area contributed by atoms with Crippen LogP contribution in [0.5, 0.6) is 0 Å². The molecule has 5 rings (SSSR count). The molecule has 2 aliphatic heterocycles. The molecule has 0 unspecified atom stereocenters. The fourth-order valence-corrected chi connectivity index (χ4v) is 6.01. The zero-order valence-corrected chi connectivity index (χ0v) is 19.7. The van der Waals surface area contributed by atoms with Crippen LogP contribution in [-0.2, 0) is 29.3 Å². The highest BCUT2D eigenvalue weighted by molar-refractivity contribution is 7.89. The molecule has 35 heavy (non-hydrogen) atoms. The Labute approximate surface area is 202 Å². The van der Waals surface area contributed by atoms with Gasteiger partial charge in [0.25, 0.3) is 0 Å². The Balaban J connectivity index is 1.21. The molecule has 10 heteroatoms. The lowest BCUT2D eigenvalue weighted by molar-refractivity contribution is -0.137. The van der Waals surface area contributed by atoms with E-state index in [0.29, 0.717) is 31.7 Å². The van der Waals surface area contributed by atoms with E-state index >= 15 is 0 Å². The minimum atomic E-state index is -4.43. The molecule has 1 fully saturated rings. The highest BCUT2D eigenvalue weighted by Gasteiger charge is 2.32. The number of fused-ring (bicyclic) bond motifs is 1. The number of anilines is 1. The maximum absolute atomic E-state index is 13.2. The van der Waals surface area contributed by atoms with Crippen LogP contribution in [0.4, 0.5) is 19.0 Å². The van der Waals surface area contributed by atoms with Gasteiger partial charge in [-0.2, -0.15) is 17.5 Å². The van der Waals surface area contributed by atoms with Gasteiger partial charge in [-0.3, -0.25) is 0 Å². The van der Waals surface area contributed by atoms with Crippen molar-refractivity contribution in [3.63, 3.8) is 0 Å². The molecule has 0 spiro atoms. The molecule has 0 radical (unpaired) electrons. The highest BCUT2D eigenvalue weighted by atomic mass is 32.2. The number of benzene rings is 2. The van der Waals surface area contributed by atoms with E-state index in [4.69, 9.17) is 0 Å². The number of aromatic nitrogens is 1. The lowest BCUT2D eigenvalue weighted by Crippen LogP contribution is -2.42. The lowest BCUT2D eigenvalue weighted by Gasteiger charge is -2.32. The summed E-state index contributed by atoms with van der Waals surface area (Å²) in [5.41, 5.74) is 3.77. The quantitative estimate of drug-likeness (QED) is 0.532. The third-order valence-corrected chi connectivity index (χ3v) is 8.47. The van der Waals surface area contributed by atoms with Gasteiger partial charge in [-0.15, -0.1) is 0 Å². The predicted octanol–water partition coefficient (Wildman–Crippen LogP) is 4.64. The first-order valence-electron chi connectivity index (χ1n) is 11.4. The second kappa shape index (κ2) is 9.25. The summed E-state index contributed by atoms with van der Waals surface area (Å²) in [6, 6.07) is 15.5. The minimum Gasteiger partial charge on any atom is -0.367 e. The molecule has 2 aromatic carbocycles. The van der Waals surface area contributed by atoms with Crippen molar-refractivity contribution in [3.05, 3.63) is 77.5 Å². The molecular formula is C25H25F3N4O2S. The lowest BCUT2D eigenvalue weighted by atomic mass is 10.0. The molecular weight excluding hydrogens is 477 g/mol. The van der Waals surface area contributed by atoms with E-state index in [0.717, 1.165) is 36.5 Å². The second-order valence-electron chi connectivity index (χ2n) is 8.86. The number of nitrogens with zero attached hydrogens (tertiary/aromatic N) is 2. The SMILES string of the molecule is O=S(=O)(c1ccc(-c2ccc3c(c2)CNC3)cc1)N1CCC(Nc2ccc(C(F)(F)F)cn2)CC1. The number of rotatable bonds is 5. The van der Waals surface area contributed by atoms with Crippen molar-refractivity contribution in [2.24, 2.45) is 0 Å². The molecule has 0 atom stereocenters. The van der Waals surface area contributed by atoms with Crippen molar-refractivity contribution in [1.82, 2.24) is 14.6 Å². The van der Waals surface area contributed by atoms with Gasteiger partial charge in [-0.25, -0.2) is 13.4 Å². The maximum atomic E-state index is 13.2. The number of alkyl halides is 3. The van der Waals surface area contributed by atoms with Gasteiger partial charge < -0.3 is 10.6 Å². The predicted molar refractivity (Wildman–Crippen MR) is 127 cm³/mol. The summed E-state index contributed by atoms with van der Waals surface area (Å²) >= 11 is 0. The normalized spacial score (nSPS) is 17.3. The summed E-state index contributed by atoms with van der Waals surface area (Å²) in [6.45, 7) is 2.36. The Morgan fingerprint density at radius 3 is 2.26 bits per heavy atom. The van der Waals surface area contributed by atoms with Crippen molar-refractivity contribution in [2.45, 2.75) is 43.0 Å². The van der Waals surface area contributed by atoms with Gasteiger partial charge in [0, 0.05) is 38.4 Å². The number of hydrogen-bond donors (Lipinski definition) is 2. The number of sulfonamides is 1. The molecule has 3 heterocycles. The zero-order chi connectivity index (χ0) is 24.6. The molecule has 2 N–H and O–H groups in total. The monoisotopic (exact) mass is 502 g/mol. The van der Waals surface area contributed by atoms with Crippen molar-refractivity contribution < 1.29 is 21.6 Å². The summed E-state index contributed by atoms with van der Waals surface area (Å²) in [7, 11) is -3.63. The van der Waals surface area contributed by atoms with Gasteiger partial charge in [0.1, 0.15) is 5.82 Å². The van der Waals surface area contributed by atoms with E-state index in [1.54, 1.807) is 12.1 Å². The number of halogens is 3. The van der Waals surface area contributed by atoms with Crippen LogP contribution in [0, 0.1) is 0 Å². The zero-order valence-electron chi connectivity index (χ0n) is 18.8. The highest BCUT2D eigenvalue weighted by Crippen LogP contribution is 2.30. The fraction of sp³-hybridized carbons (Fsp3) is 0.320. The molecule has 184 valence electrons. The van der Waals surface area contributed by atoms with Gasteiger partial charge in [-0.05, 0) is 65.4 Å². The van der Waals surface area contributed by atoms with Gasteiger partial charge >= 0.3 is 6.18 Å². The van der Waals surface area contributed by atoms with Crippen LogP contribution in [0.2, 0.25) is 0 Å². The van der Waals surface area contributed by atoms with E-state index in [9.17, 15) is 21.6 Å². The minimum absolute atomic E-state index is 0.0673. The number of pyridine rings is 1. The number of piperidine rings is 1. The number of nitrogens with one attached hydrogen (secondary N) is 2. The van der Waals surface area contributed by atoms with E-state index < -0.39 is 21.8 Å². The van der Waals surface area contributed by atoms with Gasteiger partial charge in [-0.1, -0.05) is 24.3 Å². The summed E-state index contributed by atoms with van der Waals surface area (Å²) in [5.74, 6) is 0.345. The summed E-state index contributed by atoms with van der Waals surface area (Å²) in [5, 5.41) is 6.43. The molecule has 6 nitrogen and oxygen atoms in total. The van der Waals surface area contributed by atoms with Crippen LogP contribution in [-0.4, -0.2) is 36.8 Å². The van der Waals surface area contributed by atoms with Crippen LogP contribution < -0.4 is 10.6 Å². The van der Waals surface area contributed by atoms with Gasteiger partial charge in [0.05, 0.1) is 10.5 Å². The molecule has 0 aliphatic carbocycles. The first-order valence-corrected chi connectivity index (χ1v) is 12.9. The van der Waals surface area contributed by atoms with Crippen molar-refractivity contribution in [2.75, 3.05) is 18.4 Å². The van der Waals surface area contributed by atoms with Crippen molar-refractivity contribution >= 4 is 15.8 Å². The first-order chi connectivity index (χ1) is 16.7. The Kier molecular flexibility index (Phi) is 6.29. The molecule has 3 aromatic rings. The van der Waals surface area contributed by atoms with E-state index in [1.165, 1.54) is 21.5 Å². The van der Waals surface area contributed by atoms with Crippen molar-refractivity contribution in [3.8, 4) is 11.1 Å². The summed E-state index contributed by atoms with van der Waals surface area (Å²) < 4.78 is 65.9. The average molecular weight is 503 g/mol. The molecule has 0 amide bonds. The van der Waals surface area contributed by atoms with Crippen LogP contribution in [0.15, 0.2) is 65.7 Å². The van der Waals surface area contributed by atoms with Crippen molar-refractivity contribution in [1.29, 1.82) is 0 Å². The Hall–Kier alpha value is -2.95. The third-order valence-electron chi connectivity index (χ3n) is 6.56. The van der Waals surface area contributed by atoms with E-state index in [-0.39, 0.29) is 10.9 Å². The van der Waals surface area contributed by atoms with Gasteiger partial charge in [0.15, 0.2) is 0 Å². The molecule has 0 bridgehead atoms. The van der Waals surface area contributed by atoms with Crippen LogP contribution >= 0.6 is 0 Å². The molecule has 0 saturated carbocycles. The standard InChI is InChI=1S/C25H25F3N4O2S/c26-25(27,28)21-5-8-24(30-16-21)31-22-9-11-32(12-10-22)35(33,34)23-6-3-17(4-7-23)18-1-2-19-14-29-15-20(19)13-18/h1-8,13,16,22,29H,9-12,14-15H2,(H,30,31). The summed E-state index contributed by atoms with van der Waals surface area (Å²) in [4.78, 5) is 4.09. The topological polar surface area (TPSA) is 74.3 Å².